The topological polar surface area (TPSA) is 72.2 Å². The van der Waals surface area contributed by atoms with E-state index in [4.69, 9.17) is 5.73 Å². The summed E-state index contributed by atoms with van der Waals surface area (Å²) in [5, 5.41) is 2.94. The maximum atomic E-state index is 11.1. The fraction of sp³-hybridized carbons (Fsp3) is 0.778. The van der Waals surface area contributed by atoms with Crippen molar-refractivity contribution in [1.82, 2.24) is 5.32 Å². The summed E-state index contributed by atoms with van der Waals surface area (Å²) in [6.45, 7) is 1.82. The SMILES string of the molecule is CCC(=O)NC12CC(C(N)=O)(C1)C2. The van der Waals surface area contributed by atoms with Gasteiger partial charge in [0.05, 0.1) is 5.41 Å². The molecule has 0 spiro atoms. The quantitative estimate of drug-likeness (QED) is 0.640. The summed E-state index contributed by atoms with van der Waals surface area (Å²) in [5.41, 5.74) is 4.91. The van der Waals surface area contributed by atoms with Crippen molar-refractivity contribution in [3.63, 3.8) is 0 Å². The number of carbonyl (C=O) groups excluding carboxylic acids is 2. The molecule has 0 radical (unpaired) electrons. The van der Waals surface area contributed by atoms with E-state index in [-0.39, 0.29) is 22.8 Å². The maximum Gasteiger partial charge on any atom is 0.223 e. The van der Waals surface area contributed by atoms with Crippen LogP contribution in [0.25, 0.3) is 0 Å². The third-order valence-corrected chi connectivity index (χ3v) is 3.28. The average molecular weight is 182 g/mol. The summed E-state index contributed by atoms with van der Waals surface area (Å²) in [4.78, 5) is 22.0. The molecule has 3 fully saturated rings. The molecule has 0 aromatic rings. The van der Waals surface area contributed by atoms with E-state index in [1.54, 1.807) is 0 Å². The number of primary amides is 1. The number of nitrogens with two attached hydrogens (primary N) is 1. The molecule has 3 N–H and O–H groups in total. The van der Waals surface area contributed by atoms with Crippen molar-refractivity contribution >= 4 is 11.8 Å². The van der Waals surface area contributed by atoms with E-state index in [0.29, 0.717) is 6.42 Å². The molecule has 4 nitrogen and oxygen atoms in total. The van der Waals surface area contributed by atoms with Crippen LogP contribution in [0.15, 0.2) is 0 Å². The molecule has 3 rings (SSSR count). The maximum absolute atomic E-state index is 11.1. The van der Waals surface area contributed by atoms with Crippen molar-refractivity contribution in [2.45, 2.75) is 38.1 Å². The zero-order valence-electron chi connectivity index (χ0n) is 7.72. The number of hydrogen-bond acceptors (Lipinski definition) is 2. The molecule has 0 unspecified atom stereocenters. The van der Waals surface area contributed by atoms with Gasteiger partial charge in [-0.15, -0.1) is 0 Å². The molecule has 3 saturated carbocycles. The van der Waals surface area contributed by atoms with Gasteiger partial charge in [-0.05, 0) is 19.3 Å². The lowest BCUT2D eigenvalue weighted by Gasteiger charge is -2.68. The van der Waals surface area contributed by atoms with Gasteiger partial charge in [-0.2, -0.15) is 0 Å². The summed E-state index contributed by atoms with van der Waals surface area (Å²) in [7, 11) is 0. The number of nitrogens with one attached hydrogen (secondary N) is 1. The van der Waals surface area contributed by atoms with Crippen LogP contribution in [0, 0.1) is 5.41 Å². The van der Waals surface area contributed by atoms with Crippen molar-refractivity contribution in [1.29, 1.82) is 0 Å². The smallest absolute Gasteiger partial charge is 0.223 e. The minimum Gasteiger partial charge on any atom is -0.369 e. The molecule has 0 aromatic heterocycles. The van der Waals surface area contributed by atoms with Crippen molar-refractivity contribution < 1.29 is 9.59 Å². The van der Waals surface area contributed by atoms with Gasteiger partial charge < -0.3 is 11.1 Å². The van der Waals surface area contributed by atoms with E-state index >= 15 is 0 Å². The highest BCUT2D eigenvalue weighted by Crippen LogP contribution is 2.66. The lowest BCUT2D eigenvalue weighted by Crippen LogP contribution is -2.78. The fourth-order valence-corrected chi connectivity index (χ4v) is 2.57. The summed E-state index contributed by atoms with van der Waals surface area (Å²) in [6.07, 6.45) is 2.76. The second kappa shape index (κ2) is 2.25. The van der Waals surface area contributed by atoms with Gasteiger partial charge in [0.2, 0.25) is 11.8 Å². The fourth-order valence-electron chi connectivity index (χ4n) is 2.57. The van der Waals surface area contributed by atoms with Crippen LogP contribution < -0.4 is 11.1 Å². The second-order valence-electron chi connectivity index (χ2n) is 4.36. The summed E-state index contributed by atoms with van der Waals surface area (Å²) in [5.74, 6) is -0.141. The van der Waals surface area contributed by atoms with Crippen LogP contribution in [-0.2, 0) is 9.59 Å². The molecule has 0 saturated heterocycles. The molecule has 2 bridgehead atoms. The summed E-state index contributed by atoms with van der Waals surface area (Å²) < 4.78 is 0. The minimum absolute atomic E-state index is 0.0673. The Morgan fingerprint density at radius 2 is 1.92 bits per heavy atom. The molecule has 0 aromatic carbocycles. The number of carbonyl (C=O) groups is 2. The van der Waals surface area contributed by atoms with Gasteiger partial charge in [0, 0.05) is 12.0 Å². The number of amides is 2. The second-order valence-corrected chi connectivity index (χ2v) is 4.36. The average Bonchev–Trinajstić information content (AvgIpc) is 1.92. The first kappa shape index (κ1) is 8.53. The third kappa shape index (κ3) is 0.975. The zero-order chi connectivity index (χ0) is 9.69. The van der Waals surface area contributed by atoms with Gasteiger partial charge in [0.25, 0.3) is 0 Å². The Morgan fingerprint density at radius 1 is 1.38 bits per heavy atom. The number of hydrogen-bond donors (Lipinski definition) is 2. The van der Waals surface area contributed by atoms with E-state index in [1.807, 2.05) is 6.92 Å². The van der Waals surface area contributed by atoms with Gasteiger partial charge in [-0.3, -0.25) is 9.59 Å². The zero-order valence-corrected chi connectivity index (χ0v) is 7.72. The van der Waals surface area contributed by atoms with Gasteiger partial charge in [0.1, 0.15) is 0 Å². The van der Waals surface area contributed by atoms with Crippen molar-refractivity contribution in [3.8, 4) is 0 Å². The Kier molecular flexibility index (Phi) is 1.47. The van der Waals surface area contributed by atoms with E-state index in [9.17, 15) is 9.59 Å². The molecular formula is C9H14N2O2. The van der Waals surface area contributed by atoms with Gasteiger partial charge >= 0.3 is 0 Å². The van der Waals surface area contributed by atoms with Gasteiger partial charge in [-0.25, -0.2) is 0 Å². The molecule has 13 heavy (non-hydrogen) atoms. The van der Waals surface area contributed by atoms with Gasteiger partial charge in [0.15, 0.2) is 0 Å². The Bertz CT molecular complexity index is 266. The highest BCUT2D eigenvalue weighted by Gasteiger charge is 2.71. The molecule has 0 atom stereocenters. The van der Waals surface area contributed by atoms with Crippen LogP contribution in [0.2, 0.25) is 0 Å². The van der Waals surface area contributed by atoms with E-state index in [1.165, 1.54) is 0 Å². The predicted molar refractivity (Wildman–Crippen MR) is 46.6 cm³/mol. The van der Waals surface area contributed by atoms with Gasteiger partial charge in [-0.1, -0.05) is 6.92 Å². The van der Waals surface area contributed by atoms with E-state index in [2.05, 4.69) is 5.32 Å². The minimum atomic E-state index is -0.263. The first-order valence-electron chi connectivity index (χ1n) is 4.63. The molecule has 0 heterocycles. The van der Waals surface area contributed by atoms with Crippen molar-refractivity contribution in [3.05, 3.63) is 0 Å². The van der Waals surface area contributed by atoms with Crippen LogP contribution in [-0.4, -0.2) is 17.4 Å². The van der Waals surface area contributed by atoms with Crippen LogP contribution in [0.4, 0.5) is 0 Å². The molecule has 3 aliphatic carbocycles. The van der Waals surface area contributed by atoms with Crippen LogP contribution in [0.3, 0.4) is 0 Å². The predicted octanol–water partition coefficient (Wildman–Crippen LogP) is -0.0794. The van der Waals surface area contributed by atoms with Crippen LogP contribution >= 0.6 is 0 Å². The lowest BCUT2D eigenvalue weighted by molar-refractivity contribution is -0.180. The van der Waals surface area contributed by atoms with Crippen LogP contribution in [0.5, 0.6) is 0 Å². The number of rotatable bonds is 3. The molecule has 2 amide bonds. The van der Waals surface area contributed by atoms with Crippen LogP contribution in [0.1, 0.15) is 32.6 Å². The first-order chi connectivity index (χ1) is 6.02. The molecular weight excluding hydrogens is 168 g/mol. The Morgan fingerprint density at radius 3 is 2.31 bits per heavy atom. The molecule has 4 heteroatoms. The Labute approximate surface area is 76.9 Å². The highest BCUT2D eigenvalue weighted by atomic mass is 16.2. The Hall–Kier alpha value is -1.06. The normalized spacial score (nSPS) is 40.1. The monoisotopic (exact) mass is 182 g/mol. The van der Waals surface area contributed by atoms with E-state index in [0.717, 1.165) is 19.3 Å². The summed E-state index contributed by atoms with van der Waals surface area (Å²) in [6, 6.07) is 0. The Balaban J connectivity index is 1.90. The van der Waals surface area contributed by atoms with Crippen molar-refractivity contribution in [2.24, 2.45) is 11.1 Å². The first-order valence-corrected chi connectivity index (χ1v) is 4.63. The van der Waals surface area contributed by atoms with E-state index < -0.39 is 0 Å². The largest absolute Gasteiger partial charge is 0.369 e. The lowest BCUT2D eigenvalue weighted by atomic mass is 9.39. The molecule has 72 valence electrons. The molecule has 0 aliphatic heterocycles. The van der Waals surface area contributed by atoms with Crippen molar-refractivity contribution in [2.75, 3.05) is 0 Å². The third-order valence-electron chi connectivity index (χ3n) is 3.28. The summed E-state index contributed by atoms with van der Waals surface area (Å²) >= 11 is 0. The standard InChI is InChI=1S/C9H14N2O2/c1-2-6(12)11-9-3-8(4-9,5-9)7(10)13/h2-5H2,1H3,(H2,10,13)(H,11,12). The molecule has 3 aliphatic rings. The highest BCUT2D eigenvalue weighted by molar-refractivity contribution is 5.87.